The molecular weight excluding hydrogens is 294 g/mol. The Bertz CT molecular complexity index is 547. The molecular formula is C19H24ClNO. The number of hydrogen-bond donors (Lipinski definition) is 1. The van der Waals surface area contributed by atoms with Crippen LogP contribution in [0.3, 0.4) is 0 Å². The standard InChI is InChI=1S/C19H24ClNO/c20-17-4-2-1-3-16(17)12-21-18(22)11-19-8-13-5-14(9-19)7-15(6-13)10-19/h1-4,13-15H,5-12H2,(H,21,22). The first kappa shape index (κ1) is 14.6. The first-order chi connectivity index (χ1) is 10.6. The monoisotopic (exact) mass is 317 g/mol. The SMILES string of the molecule is O=C(CC12CC3CC(CC(C3)C1)C2)NCc1ccccc1Cl. The van der Waals surface area contributed by atoms with E-state index in [2.05, 4.69) is 5.32 Å². The first-order valence-electron chi connectivity index (χ1n) is 8.62. The topological polar surface area (TPSA) is 29.1 Å². The number of carbonyl (C=O) groups excluding carboxylic acids is 1. The van der Waals surface area contributed by atoms with Crippen molar-refractivity contribution in [2.75, 3.05) is 0 Å². The summed E-state index contributed by atoms with van der Waals surface area (Å²) < 4.78 is 0. The number of halogens is 1. The Morgan fingerprint density at radius 1 is 1.09 bits per heavy atom. The molecule has 118 valence electrons. The molecule has 1 aromatic carbocycles. The quantitative estimate of drug-likeness (QED) is 0.866. The van der Waals surface area contributed by atoms with E-state index in [1.54, 1.807) is 0 Å². The van der Waals surface area contributed by atoms with Crippen molar-refractivity contribution in [3.8, 4) is 0 Å². The van der Waals surface area contributed by atoms with Gasteiger partial charge in [0.1, 0.15) is 0 Å². The first-order valence-corrected chi connectivity index (χ1v) is 9.00. The van der Waals surface area contributed by atoms with Gasteiger partial charge < -0.3 is 5.32 Å². The molecule has 1 aromatic rings. The molecule has 2 nitrogen and oxygen atoms in total. The fourth-order valence-electron chi connectivity index (χ4n) is 5.75. The molecule has 5 rings (SSSR count). The Morgan fingerprint density at radius 2 is 1.68 bits per heavy atom. The molecule has 4 saturated carbocycles. The van der Waals surface area contributed by atoms with Crippen molar-refractivity contribution >= 4 is 17.5 Å². The predicted octanol–water partition coefficient (Wildman–Crippen LogP) is 4.56. The van der Waals surface area contributed by atoms with Gasteiger partial charge in [-0.3, -0.25) is 4.79 Å². The minimum Gasteiger partial charge on any atom is -0.352 e. The molecule has 4 aliphatic rings. The number of amides is 1. The summed E-state index contributed by atoms with van der Waals surface area (Å²) in [5.41, 5.74) is 1.32. The third-order valence-electron chi connectivity index (χ3n) is 6.13. The summed E-state index contributed by atoms with van der Waals surface area (Å²) in [7, 11) is 0. The molecule has 0 heterocycles. The van der Waals surface area contributed by atoms with Crippen LogP contribution in [0, 0.1) is 23.2 Å². The van der Waals surface area contributed by atoms with Gasteiger partial charge in [-0.1, -0.05) is 29.8 Å². The van der Waals surface area contributed by atoms with E-state index in [1.807, 2.05) is 24.3 Å². The third kappa shape index (κ3) is 2.78. The smallest absolute Gasteiger partial charge is 0.220 e. The number of benzene rings is 1. The molecule has 4 bridgehead atoms. The van der Waals surface area contributed by atoms with Crippen LogP contribution in [-0.2, 0) is 11.3 Å². The van der Waals surface area contributed by atoms with E-state index in [0.717, 1.165) is 34.8 Å². The lowest BCUT2D eigenvalue weighted by molar-refractivity contribution is -0.129. The second kappa shape index (κ2) is 5.56. The molecule has 0 unspecified atom stereocenters. The van der Waals surface area contributed by atoms with Crippen LogP contribution in [0.4, 0.5) is 0 Å². The van der Waals surface area contributed by atoms with E-state index in [9.17, 15) is 4.79 Å². The highest BCUT2D eigenvalue weighted by Crippen LogP contribution is 2.61. The number of rotatable bonds is 4. The third-order valence-corrected chi connectivity index (χ3v) is 6.50. The molecule has 1 N–H and O–H groups in total. The van der Waals surface area contributed by atoms with E-state index in [0.29, 0.717) is 12.0 Å². The molecule has 4 fully saturated rings. The van der Waals surface area contributed by atoms with Crippen LogP contribution in [0.2, 0.25) is 5.02 Å². The fourth-order valence-corrected chi connectivity index (χ4v) is 5.95. The van der Waals surface area contributed by atoms with Gasteiger partial charge in [-0.05, 0) is 73.3 Å². The maximum atomic E-state index is 12.5. The van der Waals surface area contributed by atoms with Crippen molar-refractivity contribution in [1.82, 2.24) is 5.32 Å². The second-order valence-electron chi connectivity index (χ2n) is 7.96. The lowest BCUT2D eigenvalue weighted by Gasteiger charge is -2.56. The lowest BCUT2D eigenvalue weighted by atomic mass is 9.49. The van der Waals surface area contributed by atoms with Crippen molar-refractivity contribution in [2.24, 2.45) is 23.2 Å². The Morgan fingerprint density at radius 3 is 2.27 bits per heavy atom. The largest absolute Gasteiger partial charge is 0.352 e. The minimum absolute atomic E-state index is 0.210. The normalized spacial score (nSPS) is 35.6. The van der Waals surface area contributed by atoms with Crippen molar-refractivity contribution < 1.29 is 4.79 Å². The highest BCUT2D eigenvalue weighted by atomic mass is 35.5. The molecule has 0 radical (unpaired) electrons. The van der Waals surface area contributed by atoms with Crippen LogP contribution >= 0.6 is 11.6 Å². The Balaban J connectivity index is 1.37. The molecule has 0 aromatic heterocycles. The van der Waals surface area contributed by atoms with Gasteiger partial charge in [0, 0.05) is 18.0 Å². The Hall–Kier alpha value is -1.02. The van der Waals surface area contributed by atoms with Gasteiger partial charge in [0.25, 0.3) is 0 Å². The summed E-state index contributed by atoms with van der Waals surface area (Å²) >= 11 is 6.16. The summed E-state index contributed by atoms with van der Waals surface area (Å²) in [5.74, 6) is 2.93. The summed E-state index contributed by atoms with van der Waals surface area (Å²) in [6.45, 7) is 0.547. The van der Waals surface area contributed by atoms with Gasteiger partial charge in [-0.15, -0.1) is 0 Å². The average Bonchev–Trinajstić information content (AvgIpc) is 2.44. The highest BCUT2D eigenvalue weighted by Gasteiger charge is 2.51. The fraction of sp³-hybridized carbons (Fsp3) is 0.632. The zero-order valence-corrected chi connectivity index (χ0v) is 13.7. The van der Waals surface area contributed by atoms with Crippen LogP contribution in [0.25, 0.3) is 0 Å². The average molecular weight is 318 g/mol. The maximum absolute atomic E-state index is 12.5. The number of carbonyl (C=O) groups is 1. The molecule has 0 atom stereocenters. The summed E-state index contributed by atoms with van der Waals surface area (Å²) in [6, 6.07) is 7.74. The van der Waals surface area contributed by atoms with Gasteiger partial charge in [0.15, 0.2) is 0 Å². The molecule has 4 aliphatic carbocycles. The molecule has 1 amide bonds. The van der Waals surface area contributed by atoms with E-state index < -0.39 is 0 Å². The van der Waals surface area contributed by atoms with Crippen LogP contribution in [0.15, 0.2) is 24.3 Å². The van der Waals surface area contributed by atoms with Crippen molar-refractivity contribution in [3.63, 3.8) is 0 Å². The Labute approximate surface area is 137 Å². The van der Waals surface area contributed by atoms with E-state index in [-0.39, 0.29) is 5.91 Å². The van der Waals surface area contributed by atoms with E-state index >= 15 is 0 Å². The Kier molecular flexibility index (Phi) is 3.68. The zero-order chi connectivity index (χ0) is 15.2. The lowest BCUT2D eigenvalue weighted by Crippen LogP contribution is -2.47. The zero-order valence-electron chi connectivity index (χ0n) is 13.0. The molecule has 22 heavy (non-hydrogen) atoms. The van der Waals surface area contributed by atoms with Gasteiger partial charge in [-0.25, -0.2) is 0 Å². The number of nitrogens with one attached hydrogen (secondary N) is 1. The van der Waals surface area contributed by atoms with Gasteiger partial charge in [-0.2, -0.15) is 0 Å². The second-order valence-corrected chi connectivity index (χ2v) is 8.37. The maximum Gasteiger partial charge on any atom is 0.220 e. The van der Waals surface area contributed by atoms with Crippen molar-refractivity contribution in [2.45, 2.75) is 51.5 Å². The van der Waals surface area contributed by atoms with Gasteiger partial charge in [0.2, 0.25) is 5.91 Å². The van der Waals surface area contributed by atoms with E-state index in [1.165, 1.54) is 38.5 Å². The van der Waals surface area contributed by atoms with Crippen LogP contribution < -0.4 is 5.32 Å². The van der Waals surface area contributed by atoms with Crippen LogP contribution in [0.1, 0.15) is 50.5 Å². The highest BCUT2D eigenvalue weighted by molar-refractivity contribution is 6.31. The number of hydrogen-bond acceptors (Lipinski definition) is 1. The summed E-state index contributed by atoms with van der Waals surface area (Å²) in [5, 5.41) is 3.83. The van der Waals surface area contributed by atoms with Crippen LogP contribution in [-0.4, -0.2) is 5.91 Å². The van der Waals surface area contributed by atoms with Crippen molar-refractivity contribution in [1.29, 1.82) is 0 Å². The molecule has 3 heteroatoms. The predicted molar refractivity (Wildman–Crippen MR) is 88.5 cm³/mol. The summed E-state index contributed by atoms with van der Waals surface area (Å²) in [4.78, 5) is 12.5. The van der Waals surface area contributed by atoms with Gasteiger partial charge >= 0.3 is 0 Å². The molecule has 0 aliphatic heterocycles. The molecule has 0 spiro atoms. The van der Waals surface area contributed by atoms with E-state index in [4.69, 9.17) is 11.6 Å². The molecule has 0 saturated heterocycles. The summed E-state index contributed by atoms with van der Waals surface area (Å²) in [6.07, 6.45) is 8.89. The van der Waals surface area contributed by atoms with Crippen molar-refractivity contribution in [3.05, 3.63) is 34.9 Å². The minimum atomic E-state index is 0.210. The van der Waals surface area contributed by atoms with Crippen LogP contribution in [0.5, 0.6) is 0 Å². The van der Waals surface area contributed by atoms with Gasteiger partial charge in [0.05, 0.1) is 0 Å².